The van der Waals surface area contributed by atoms with E-state index in [1.54, 1.807) is 6.07 Å². The minimum Gasteiger partial charge on any atom is -0.381 e. The molecule has 2 atom stereocenters. The van der Waals surface area contributed by atoms with Crippen LogP contribution in [0.25, 0.3) is 0 Å². The summed E-state index contributed by atoms with van der Waals surface area (Å²) in [5.74, 6) is 0.0542. The maximum absolute atomic E-state index is 13.5. The molecule has 1 fully saturated rings. The molecule has 88 valence electrons. The molecule has 0 spiro atoms. The van der Waals surface area contributed by atoms with Gasteiger partial charge in [-0.1, -0.05) is 15.9 Å². The third kappa shape index (κ3) is 2.81. The first-order valence-corrected chi connectivity index (χ1v) is 6.23. The third-order valence-electron chi connectivity index (χ3n) is 3.02. The molecule has 0 radical (unpaired) electrons. The second kappa shape index (κ2) is 5.25. The highest BCUT2D eigenvalue weighted by molar-refractivity contribution is 9.10. The van der Waals surface area contributed by atoms with Gasteiger partial charge >= 0.3 is 0 Å². The predicted octanol–water partition coefficient (Wildman–Crippen LogP) is 2.49. The van der Waals surface area contributed by atoms with Crippen molar-refractivity contribution in [2.45, 2.75) is 18.9 Å². The molecule has 0 saturated carbocycles. The fraction of sp³-hybridized carbons (Fsp3) is 0.500. The van der Waals surface area contributed by atoms with Crippen molar-refractivity contribution in [1.29, 1.82) is 0 Å². The quantitative estimate of drug-likeness (QED) is 0.907. The zero-order chi connectivity index (χ0) is 11.5. The summed E-state index contributed by atoms with van der Waals surface area (Å²) in [4.78, 5) is 0. The van der Waals surface area contributed by atoms with Crippen LogP contribution >= 0.6 is 15.9 Å². The molecule has 2 nitrogen and oxygen atoms in total. The molecular formula is C12H15BrFNO. The van der Waals surface area contributed by atoms with Gasteiger partial charge in [-0.3, -0.25) is 0 Å². The van der Waals surface area contributed by atoms with Gasteiger partial charge in [0.2, 0.25) is 0 Å². The van der Waals surface area contributed by atoms with E-state index < -0.39 is 0 Å². The van der Waals surface area contributed by atoms with Crippen molar-refractivity contribution < 1.29 is 9.13 Å². The number of halogens is 2. The van der Waals surface area contributed by atoms with E-state index >= 15 is 0 Å². The minimum absolute atomic E-state index is 0.118. The molecule has 1 aromatic carbocycles. The van der Waals surface area contributed by atoms with E-state index in [2.05, 4.69) is 15.9 Å². The highest BCUT2D eigenvalue weighted by Gasteiger charge is 2.23. The molecule has 1 aliphatic rings. The SMILES string of the molecule is NC1CCOCC1Cc1cc(Br)ccc1F. The van der Waals surface area contributed by atoms with Gasteiger partial charge in [0.25, 0.3) is 0 Å². The zero-order valence-electron chi connectivity index (χ0n) is 8.96. The Morgan fingerprint density at radius 2 is 2.31 bits per heavy atom. The van der Waals surface area contributed by atoms with Crippen molar-refractivity contribution in [3.8, 4) is 0 Å². The first-order valence-electron chi connectivity index (χ1n) is 5.44. The molecular weight excluding hydrogens is 273 g/mol. The lowest BCUT2D eigenvalue weighted by atomic mass is 9.90. The number of rotatable bonds is 2. The van der Waals surface area contributed by atoms with Crippen molar-refractivity contribution in [3.63, 3.8) is 0 Å². The molecule has 1 heterocycles. The van der Waals surface area contributed by atoms with E-state index in [0.29, 0.717) is 18.6 Å². The topological polar surface area (TPSA) is 35.2 Å². The lowest BCUT2D eigenvalue weighted by Crippen LogP contribution is -2.39. The summed E-state index contributed by atoms with van der Waals surface area (Å²) >= 11 is 3.35. The standard InChI is InChI=1S/C12H15BrFNO/c13-10-1-2-11(14)8(6-10)5-9-7-16-4-3-12(9)15/h1-2,6,9,12H,3-5,7,15H2. The van der Waals surface area contributed by atoms with Crippen LogP contribution in [-0.2, 0) is 11.2 Å². The van der Waals surface area contributed by atoms with Gasteiger partial charge in [0.05, 0.1) is 6.61 Å². The van der Waals surface area contributed by atoms with Crippen LogP contribution in [0.1, 0.15) is 12.0 Å². The van der Waals surface area contributed by atoms with Crippen LogP contribution in [0.2, 0.25) is 0 Å². The van der Waals surface area contributed by atoms with Crippen molar-refractivity contribution in [2.24, 2.45) is 11.7 Å². The minimum atomic E-state index is -0.166. The molecule has 0 aliphatic carbocycles. The van der Waals surface area contributed by atoms with E-state index in [1.165, 1.54) is 6.07 Å². The van der Waals surface area contributed by atoms with Crippen LogP contribution in [0.15, 0.2) is 22.7 Å². The first kappa shape index (κ1) is 12.0. The van der Waals surface area contributed by atoms with Crippen LogP contribution in [-0.4, -0.2) is 19.3 Å². The molecule has 0 amide bonds. The largest absolute Gasteiger partial charge is 0.381 e. The van der Waals surface area contributed by atoms with Gasteiger partial charge in [-0.25, -0.2) is 4.39 Å². The van der Waals surface area contributed by atoms with Crippen molar-refractivity contribution >= 4 is 15.9 Å². The lowest BCUT2D eigenvalue weighted by Gasteiger charge is -2.28. The lowest BCUT2D eigenvalue weighted by molar-refractivity contribution is 0.0419. The normalized spacial score (nSPS) is 25.7. The summed E-state index contributed by atoms with van der Waals surface area (Å²) in [6.45, 7) is 1.35. The van der Waals surface area contributed by atoms with Gasteiger partial charge in [-0.2, -0.15) is 0 Å². The number of ether oxygens (including phenoxy) is 1. The Morgan fingerprint density at radius 1 is 1.50 bits per heavy atom. The monoisotopic (exact) mass is 287 g/mol. The highest BCUT2D eigenvalue weighted by Crippen LogP contribution is 2.22. The van der Waals surface area contributed by atoms with Crippen molar-refractivity contribution in [1.82, 2.24) is 0 Å². The first-order chi connectivity index (χ1) is 7.66. The smallest absolute Gasteiger partial charge is 0.126 e. The van der Waals surface area contributed by atoms with Gasteiger partial charge in [-0.15, -0.1) is 0 Å². The van der Waals surface area contributed by atoms with Crippen LogP contribution < -0.4 is 5.73 Å². The van der Waals surface area contributed by atoms with Gasteiger partial charge < -0.3 is 10.5 Å². The van der Waals surface area contributed by atoms with Crippen molar-refractivity contribution in [3.05, 3.63) is 34.1 Å². The maximum atomic E-state index is 13.5. The predicted molar refractivity (Wildman–Crippen MR) is 64.7 cm³/mol. The van der Waals surface area contributed by atoms with Gasteiger partial charge in [-0.05, 0) is 36.6 Å². The van der Waals surface area contributed by atoms with E-state index in [0.717, 1.165) is 17.5 Å². The summed E-state index contributed by atoms with van der Waals surface area (Å²) in [6.07, 6.45) is 1.51. The Labute approximate surface area is 103 Å². The molecule has 2 N–H and O–H groups in total. The Morgan fingerprint density at radius 3 is 3.06 bits per heavy atom. The molecule has 1 saturated heterocycles. The number of hydrogen-bond acceptors (Lipinski definition) is 2. The van der Waals surface area contributed by atoms with E-state index in [4.69, 9.17) is 10.5 Å². The summed E-state index contributed by atoms with van der Waals surface area (Å²) < 4.78 is 19.8. The molecule has 1 aliphatic heterocycles. The molecule has 2 rings (SSSR count). The Balaban J connectivity index is 2.10. The molecule has 0 bridgehead atoms. The van der Waals surface area contributed by atoms with Crippen LogP contribution in [0.4, 0.5) is 4.39 Å². The van der Waals surface area contributed by atoms with E-state index in [1.807, 2.05) is 6.07 Å². The number of nitrogens with two attached hydrogens (primary N) is 1. The second-order valence-electron chi connectivity index (χ2n) is 4.23. The molecule has 0 aromatic heterocycles. The van der Waals surface area contributed by atoms with E-state index in [-0.39, 0.29) is 17.8 Å². The van der Waals surface area contributed by atoms with Crippen molar-refractivity contribution in [2.75, 3.05) is 13.2 Å². The fourth-order valence-corrected chi connectivity index (χ4v) is 2.41. The summed E-state index contributed by atoms with van der Waals surface area (Å²) in [5, 5.41) is 0. The summed E-state index contributed by atoms with van der Waals surface area (Å²) in [5.41, 5.74) is 6.71. The van der Waals surface area contributed by atoms with Gasteiger partial charge in [0.15, 0.2) is 0 Å². The van der Waals surface area contributed by atoms with Gasteiger partial charge in [0, 0.05) is 23.0 Å². The second-order valence-corrected chi connectivity index (χ2v) is 5.14. The maximum Gasteiger partial charge on any atom is 0.126 e. The molecule has 16 heavy (non-hydrogen) atoms. The molecule has 1 aromatic rings. The number of benzene rings is 1. The third-order valence-corrected chi connectivity index (χ3v) is 3.52. The number of hydrogen-bond donors (Lipinski definition) is 1. The average molecular weight is 288 g/mol. The van der Waals surface area contributed by atoms with Gasteiger partial charge in [0.1, 0.15) is 5.82 Å². The summed E-state index contributed by atoms with van der Waals surface area (Å²) in [7, 11) is 0. The Hall–Kier alpha value is -0.450. The Bertz CT molecular complexity index is 372. The van der Waals surface area contributed by atoms with E-state index in [9.17, 15) is 4.39 Å². The molecule has 2 unspecified atom stereocenters. The summed E-state index contributed by atoms with van der Waals surface area (Å²) in [6, 6.07) is 5.12. The zero-order valence-corrected chi connectivity index (χ0v) is 10.5. The average Bonchev–Trinajstić information content (AvgIpc) is 2.27. The molecule has 4 heteroatoms. The fourth-order valence-electron chi connectivity index (χ4n) is 2.01. The Kier molecular flexibility index (Phi) is 3.95. The van der Waals surface area contributed by atoms with Crippen LogP contribution in [0, 0.1) is 11.7 Å². The van der Waals surface area contributed by atoms with Crippen LogP contribution in [0.5, 0.6) is 0 Å². The van der Waals surface area contributed by atoms with Crippen LogP contribution in [0.3, 0.4) is 0 Å². The highest BCUT2D eigenvalue weighted by atomic mass is 79.9.